The van der Waals surface area contributed by atoms with Gasteiger partial charge in [0.1, 0.15) is 12.1 Å². The van der Waals surface area contributed by atoms with E-state index in [1.807, 2.05) is 35.2 Å². The first-order valence-electron chi connectivity index (χ1n) is 12.6. The standard InChI is InChI=1S/C27H29F3N4O3/c28-27(29,30)21-10-8-20(9-11-21)24(36)32-16-12-26(13-17-32)25(37)33(18-23(35)31-14-4-5-15-31)19-34(26)22-6-2-1-3-7-22/h1-3,6-11H,4-5,12-19H2. The number of alkyl halides is 3. The van der Waals surface area contributed by atoms with Crippen LogP contribution in [-0.2, 0) is 15.8 Å². The van der Waals surface area contributed by atoms with Crippen LogP contribution in [0.2, 0.25) is 0 Å². The molecule has 0 atom stereocenters. The second-order valence-electron chi connectivity index (χ2n) is 9.89. The Morgan fingerprint density at radius 2 is 1.46 bits per heavy atom. The minimum atomic E-state index is -4.47. The maximum absolute atomic E-state index is 13.8. The van der Waals surface area contributed by atoms with Gasteiger partial charge in [-0.3, -0.25) is 14.4 Å². The number of nitrogens with zero attached hydrogens (tertiary/aromatic N) is 4. The fourth-order valence-corrected chi connectivity index (χ4v) is 5.62. The Morgan fingerprint density at radius 3 is 2.05 bits per heavy atom. The van der Waals surface area contributed by atoms with Crippen LogP contribution in [0.5, 0.6) is 0 Å². The molecule has 5 rings (SSSR count). The van der Waals surface area contributed by atoms with Crippen molar-refractivity contribution < 1.29 is 27.6 Å². The van der Waals surface area contributed by atoms with Crippen molar-refractivity contribution >= 4 is 23.4 Å². The molecule has 7 nitrogen and oxygen atoms in total. The lowest BCUT2D eigenvalue weighted by Gasteiger charge is -2.43. The molecule has 0 saturated carbocycles. The fourth-order valence-electron chi connectivity index (χ4n) is 5.62. The van der Waals surface area contributed by atoms with Gasteiger partial charge in [-0.1, -0.05) is 18.2 Å². The molecule has 2 aromatic rings. The third-order valence-electron chi connectivity index (χ3n) is 7.70. The van der Waals surface area contributed by atoms with E-state index in [2.05, 4.69) is 0 Å². The van der Waals surface area contributed by atoms with Crippen LogP contribution in [0.3, 0.4) is 0 Å². The molecule has 10 heteroatoms. The van der Waals surface area contributed by atoms with Gasteiger partial charge in [-0.05, 0) is 62.1 Å². The number of anilines is 1. The molecular formula is C27H29F3N4O3. The summed E-state index contributed by atoms with van der Waals surface area (Å²) in [7, 11) is 0. The number of rotatable bonds is 4. The molecule has 3 aliphatic heterocycles. The summed E-state index contributed by atoms with van der Waals surface area (Å²) in [6.07, 6.45) is -1.79. The number of halogens is 3. The normalized spacial score (nSPS) is 19.7. The van der Waals surface area contributed by atoms with Crippen LogP contribution >= 0.6 is 0 Å². The van der Waals surface area contributed by atoms with Gasteiger partial charge in [0.05, 0.1) is 12.2 Å². The number of likely N-dealkylation sites (tertiary alicyclic amines) is 2. The topological polar surface area (TPSA) is 64.2 Å². The summed E-state index contributed by atoms with van der Waals surface area (Å²) in [4.78, 5) is 46.7. The van der Waals surface area contributed by atoms with Crippen LogP contribution in [0.4, 0.5) is 18.9 Å². The lowest BCUT2D eigenvalue weighted by molar-refractivity contribution is -0.140. The van der Waals surface area contributed by atoms with Crippen molar-refractivity contribution in [1.82, 2.24) is 14.7 Å². The first-order valence-corrected chi connectivity index (χ1v) is 12.6. The summed E-state index contributed by atoms with van der Waals surface area (Å²) in [6, 6.07) is 13.8. The number of hydrogen-bond donors (Lipinski definition) is 0. The first kappa shape index (κ1) is 25.1. The van der Waals surface area contributed by atoms with Gasteiger partial charge in [0.25, 0.3) is 11.8 Å². The Hall–Kier alpha value is -3.56. The molecule has 37 heavy (non-hydrogen) atoms. The average Bonchev–Trinajstić information content (AvgIpc) is 3.53. The van der Waals surface area contributed by atoms with Crippen molar-refractivity contribution in [3.8, 4) is 0 Å². The Morgan fingerprint density at radius 1 is 0.838 bits per heavy atom. The monoisotopic (exact) mass is 514 g/mol. The molecule has 0 aromatic heterocycles. The summed E-state index contributed by atoms with van der Waals surface area (Å²) >= 11 is 0. The van der Waals surface area contributed by atoms with Gasteiger partial charge in [-0.25, -0.2) is 0 Å². The van der Waals surface area contributed by atoms with Gasteiger partial charge in [-0.15, -0.1) is 0 Å². The number of piperidine rings is 1. The molecule has 3 heterocycles. The van der Waals surface area contributed by atoms with E-state index < -0.39 is 17.3 Å². The summed E-state index contributed by atoms with van der Waals surface area (Å²) in [6.45, 7) is 2.31. The number of carbonyl (C=O) groups is 3. The number of carbonyl (C=O) groups excluding carboxylic acids is 3. The van der Waals surface area contributed by atoms with E-state index in [1.54, 1.807) is 14.7 Å². The highest BCUT2D eigenvalue weighted by molar-refractivity contribution is 5.97. The largest absolute Gasteiger partial charge is 0.416 e. The van der Waals surface area contributed by atoms with Crippen LogP contribution in [0, 0.1) is 0 Å². The van der Waals surface area contributed by atoms with Crippen molar-refractivity contribution in [1.29, 1.82) is 0 Å². The van der Waals surface area contributed by atoms with Crippen molar-refractivity contribution in [3.05, 3.63) is 65.7 Å². The summed E-state index contributed by atoms with van der Waals surface area (Å²) in [5.74, 6) is -0.530. The third kappa shape index (κ3) is 4.76. The van der Waals surface area contributed by atoms with Crippen LogP contribution in [0.15, 0.2) is 54.6 Å². The zero-order chi connectivity index (χ0) is 26.2. The zero-order valence-electron chi connectivity index (χ0n) is 20.4. The smallest absolute Gasteiger partial charge is 0.341 e. The van der Waals surface area contributed by atoms with Gasteiger partial charge in [0.2, 0.25) is 5.91 Å². The van der Waals surface area contributed by atoms with E-state index in [9.17, 15) is 27.6 Å². The molecule has 0 bridgehead atoms. The van der Waals surface area contributed by atoms with Gasteiger partial charge in [0, 0.05) is 37.4 Å². The Labute approximate surface area is 213 Å². The Balaban J connectivity index is 1.33. The van der Waals surface area contributed by atoms with E-state index in [0.29, 0.717) is 12.8 Å². The minimum Gasteiger partial charge on any atom is -0.341 e. The van der Waals surface area contributed by atoms with E-state index >= 15 is 0 Å². The van der Waals surface area contributed by atoms with E-state index in [-0.39, 0.29) is 49.6 Å². The van der Waals surface area contributed by atoms with E-state index in [1.165, 1.54) is 12.1 Å². The maximum atomic E-state index is 13.8. The molecule has 0 unspecified atom stereocenters. The molecule has 0 aliphatic carbocycles. The predicted octanol–water partition coefficient (Wildman–Crippen LogP) is 3.61. The molecule has 0 radical (unpaired) electrons. The van der Waals surface area contributed by atoms with Crippen LogP contribution in [-0.4, -0.2) is 77.4 Å². The Kier molecular flexibility index (Phi) is 6.59. The first-order chi connectivity index (χ1) is 17.7. The van der Waals surface area contributed by atoms with Crippen molar-refractivity contribution in [2.75, 3.05) is 44.3 Å². The lowest BCUT2D eigenvalue weighted by Crippen LogP contribution is -2.57. The SMILES string of the molecule is O=C(CN1CN(c2ccccc2)C2(CCN(C(=O)c3ccc(C(F)(F)F)cc3)CC2)C1=O)N1CCCC1. The van der Waals surface area contributed by atoms with Crippen molar-refractivity contribution in [2.24, 2.45) is 0 Å². The number of para-hydroxylation sites is 1. The van der Waals surface area contributed by atoms with Gasteiger partial charge < -0.3 is 19.6 Å². The van der Waals surface area contributed by atoms with Gasteiger partial charge in [0.15, 0.2) is 0 Å². The van der Waals surface area contributed by atoms with Crippen molar-refractivity contribution in [2.45, 2.75) is 37.4 Å². The molecule has 196 valence electrons. The maximum Gasteiger partial charge on any atom is 0.416 e. The van der Waals surface area contributed by atoms with Gasteiger partial charge in [-0.2, -0.15) is 13.2 Å². The summed E-state index contributed by atoms with van der Waals surface area (Å²) in [5.41, 5.74) is -0.641. The molecule has 3 aliphatic rings. The molecule has 3 saturated heterocycles. The zero-order valence-corrected chi connectivity index (χ0v) is 20.4. The van der Waals surface area contributed by atoms with Crippen LogP contribution in [0.25, 0.3) is 0 Å². The molecule has 1 spiro atoms. The predicted molar refractivity (Wildman–Crippen MR) is 131 cm³/mol. The third-order valence-corrected chi connectivity index (χ3v) is 7.70. The number of hydrogen-bond acceptors (Lipinski definition) is 4. The van der Waals surface area contributed by atoms with Crippen LogP contribution < -0.4 is 4.90 Å². The average molecular weight is 515 g/mol. The molecule has 0 N–H and O–H groups in total. The molecule has 3 fully saturated rings. The second kappa shape index (κ2) is 9.72. The molecule has 2 aromatic carbocycles. The minimum absolute atomic E-state index is 0.0259. The summed E-state index contributed by atoms with van der Waals surface area (Å²) < 4.78 is 38.7. The lowest BCUT2D eigenvalue weighted by atomic mass is 9.85. The number of benzene rings is 2. The van der Waals surface area contributed by atoms with E-state index in [0.717, 1.165) is 43.8 Å². The highest BCUT2D eigenvalue weighted by atomic mass is 19.4. The van der Waals surface area contributed by atoms with Gasteiger partial charge >= 0.3 is 6.18 Å². The summed E-state index contributed by atoms with van der Waals surface area (Å²) in [5, 5.41) is 0. The Bertz CT molecular complexity index is 1160. The molecular weight excluding hydrogens is 485 g/mol. The quantitative estimate of drug-likeness (QED) is 0.626. The fraction of sp³-hybridized carbons (Fsp3) is 0.444. The molecule has 3 amide bonds. The highest BCUT2D eigenvalue weighted by Gasteiger charge is 2.54. The second-order valence-corrected chi connectivity index (χ2v) is 9.89. The van der Waals surface area contributed by atoms with Crippen LogP contribution in [0.1, 0.15) is 41.6 Å². The van der Waals surface area contributed by atoms with E-state index in [4.69, 9.17) is 0 Å². The van der Waals surface area contributed by atoms with Crippen molar-refractivity contribution in [3.63, 3.8) is 0 Å². The highest BCUT2D eigenvalue weighted by Crippen LogP contribution is 2.40. The number of amides is 3.